The Hall–Kier alpha value is -1.77. The first-order valence-corrected chi connectivity index (χ1v) is 6.86. The first kappa shape index (κ1) is 12.3. The van der Waals surface area contributed by atoms with E-state index in [1.54, 1.807) is 12.1 Å². The summed E-state index contributed by atoms with van der Waals surface area (Å²) in [6.45, 7) is 4.46. The lowest BCUT2D eigenvalue weighted by Crippen LogP contribution is -2.39. The molecule has 1 N–H and O–H groups in total. The van der Waals surface area contributed by atoms with Gasteiger partial charge < -0.3 is 15.2 Å². The van der Waals surface area contributed by atoms with Crippen LogP contribution in [0, 0.1) is 11.8 Å². The number of benzene rings is 1. The number of aromatic carboxylic acids is 1. The van der Waals surface area contributed by atoms with Crippen molar-refractivity contribution in [2.24, 2.45) is 11.8 Å². The number of nitrogens with one attached hydrogen (secondary N) is 1. The third kappa shape index (κ3) is 1.93. The Balaban J connectivity index is 2.05. The van der Waals surface area contributed by atoms with Crippen LogP contribution in [0.2, 0.25) is 0 Å². The van der Waals surface area contributed by atoms with Gasteiger partial charge in [-0.05, 0) is 41.5 Å². The molecule has 3 atom stereocenters. The summed E-state index contributed by atoms with van der Waals surface area (Å²) in [7, 11) is 0. The molecule has 0 bridgehead atoms. The van der Waals surface area contributed by atoms with Gasteiger partial charge in [-0.25, -0.2) is 0 Å². The van der Waals surface area contributed by atoms with Crippen LogP contribution in [0.5, 0.6) is 0 Å². The monoisotopic (exact) mass is 256 g/mol. The van der Waals surface area contributed by atoms with Gasteiger partial charge in [0.15, 0.2) is 0 Å². The lowest BCUT2D eigenvalue weighted by Gasteiger charge is -2.39. The number of hydrogen-bond acceptors (Lipinski definition) is 3. The summed E-state index contributed by atoms with van der Waals surface area (Å²) in [5.74, 6) is 0.320. The molecule has 1 aromatic rings. The Labute approximate surface area is 113 Å². The molecule has 1 aromatic carbocycles. The molecule has 0 aromatic heterocycles. The van der Waals surface area contributed by atoms with E-state index in [9.17, 15) is 9.90 Å². The summed E-state index contributed by atoms with van der Waals surface area (Å²) < 4.78 is 0. The minimum atomic E-state index is -1.10. The maximum atomic E-state index is 11.0. The van der Waals surface area contributed by atoms with Gasteiger partial charge in [0.2, 0.25) is 0 Å². The number of carboxylic acid groups (broad SMARTS) is 1. The predicted octanol–water partition coefficient (Wildman–Crippen LogP) is 2.16. The molecule has 3 heteroatoms. The van der Waals surface area contributed by atoms with Crippen LogP contribution in [-0.4, -0.2) is 12.0 Å². The second-order valence-electron chi connectivity index (χ2n) is 5.86. The highest BCUT2D eigenvalue weighted by Gasteiger charge is 2.38. The van der Waals surface area contributed by atoms with Crippen LogP contribution >= 0.6 is 0 Å². The van der Waals surface area contributed by atoms with Gasteiger partial charge in [0, 0.05) is 17.6 Å². The Bertz CT molecular complexity index is 548. The van der Waals surface area contributed by atoms with E-state index >= 15 is 0 Å². The molecule has 0 spiro atoms. The number of allylic oxidation sites excluding steroid dienone is 2. The number of carbonyl (C=O) groups is 1. The second-order valence-corrected chi connectivity index (χ2v) is 5.86. The van der Waals surface area contributed by atoms with E-state index < -0.39 is 5.97 Å². The average molecular weight is 256 g/mol. The summed E-state index contributed by atoms with van der Waals surface area (Å²) in [6, 6.07) is 5.71. The third-order valence-corrected chi connectivity index (χ3v) is 4.36. The topological polar surface area (TPSA) is 52.2 Å². The van der Waals surface area contributed by atoms with Gasteiger partial charge in [-0.3, -0.25) is 0 Å². The molecule has 0 saturated heterocycles. The van der Waals surface area contributed by atoms with Crippen LogP contribution in [0.3, 0.4) is 0 Å². The van der Waals surface area contributed by atoms with Gasteiger partial charge in [-0.2, -0.15) is 0 Å². The molecule has 3 rings (SSSR count). The SMILES string of the molecule is CC(C)[C@@H]1Nc2ccc(C(=O)[O-])cc2[C@H]2C=CC[C@@H]21. The summed E-state index contributed by atoms with van der Waals surface area (Å²) in [4.78, 5) is 11.0. The molecule has 0 unspecified atom stereocenters. The van der Waals surface area contributed by atoms with Crippen LogP contribution in [0.25, 0.3) is 0 Å². The van der Waals surface area contributed by atoms with Crippen LogP contribution in [-0.2, 0) is 0 Å². The fourth-order valence-corrected chi connectivity index (χ4v) is 3.42. The van der Waals surface area contributed by atoms with Crippen molar-refractivity contribution >= 4 is 11.7 Å². The molecule has 2 aliphatic rings. The molecule has 3 nitrogen and oxygen atoms in total. The van der Waals surface area contributed by atoms with Crippen molar-refractivity contribution in [3.63, 3.8) is 0 Å². The zero-order valence-corrected chi connectivity index (χ0v) is 11.2. The normalized spacial score (nSPS) is 27.8. The molecule has 0 amide bonds. The van der Waals surface area contributed by atoms with E-state index in [0.717, 1.165) is 17.7 Å². The lowest BCUT2D eigenvalue weighted by atomic mass is 9.75. The number of carboxylic acids is 1. The number of anilines is 1. The second kappa shape index (κ2) is 4.41. The molecular formula is C16H18NO2-. The average Bonchev–Trinajstić information content (AvgIpc) is 2.86. The van der Waals surface area contributed by atoms with E-state index in [2.05, 4.69) is 31.3 Å². The summed E-state index contributed by atoms with van der Waals surface area (Å²) in [5, 5.41) is 14.6. The van der Waals surface area contributed by atoms with Crippen LogP contribution in [0.4, 0.5) is 5.69 Å². The Morgan fingerprint density at radius 2 is 2.21 bits per heavy atom. The van der Waals surface area contributed by atoms with Gasteiger partial charge in [-0.1, -0.05) is 32.1 Å². The van der Waals surface area contributed by atoms with E-state index in [0.29, 0.717) is 23.8 Å². The highest BCUT2D eigenvalue weighted by molar-refractivity contribution is 5.87. The van der Waals surface area contributed by atoms with Gasteiger partial charge in [0.25, 0.3) is 0 Å². The first-order chi connectivity index (χ1) is 9.08. The molecule has 0 fully saturated rings. The third-order valence-electron chi connectivity index (χ3n) is 4.36. The zero-order valence-electron chi connectivity index (χ0n) is 11.2. The minimum absolute atomic E-state index is 0.266. The highest BCUT2D eigenvalue weighted by Crippen LogP contribution is 2.46. The molecule has 1 heterocycles. The van der Waals surface area contributed by atoms with Crippen LogP contribution < -0.4 is 10.4 Å². The Morgan fingerprint density at radius 3 is 2.89 bits per heavy atom. The number of carbonyl (C=O) groups excluding carboxylic acids is 1. The molecule has 100 valence electrons. The number of rotatable bonds is 2. The molecule has 19 heavy (non-hydrogen) atoms. The first-order valence-electron chi connectivity index (χ1n) is 6.86. The summed E-state index contributed by atoms with van der Waals surface area (Å²) in [5.41, 5.74) is 2.43. The number of hydrogen-bond donors (Lipinski definition) is 1. The Morgan fingerprint density at radius 1 is 1.42 bits per heavy atom. The van der Waals surface area contributed by atoms with E-state index in [-0.39, 0.29) is 5.56 Å². The maximum absolute atomic E-state index is 11.0. The summed E-state index contributed by atoms with van der Waals surface area (Å²) >= 11 is 0. The predicted molar refractivity (Wildman–Crippen MR) is 73.0 cm³/mol. The van der Waals surface area contributed by atoms with E-state index in [1.165, 1.54) is 0 Å². The van der Waals surface area contributed by atoms with E-state index in [1.807, 2.05) is 6.07 Å². The largest absolute Gasteiger partial charge is 0.545 e. The molecule has 0 radical (unpaired) electrons. The smallest absolute Gasteiger partial charge is 0.0715 e. The quantitative estimate of drug-likeness (QED) is 0.825. The fourth-order valence-electron chi connectivity index (χ4n) is 3.42. The van der Waals surface area contributed by atoms with Crippen molar-refractivity contribution in [2.45, 2.75) is 32.2 Å². The fraction of sp³-hybridized carbons (Fsp3) is 0.438. The van der Waals surface area contributed by atoms with Crippen molar-refractivity contribution in [1.29, 1.82) is 0 Å². The van der Waals surface area contributed by atoms with Crippen molar-refractivity contribution in [3.05, 3.63) is 41.5 Å². The minimum Gasteiger partial charge on any atom is -0.545 e. The van der Waals surface area contributed by atoms with Crippen molar-refractivity contribution in [1.82, 2.24) is 0 Å². The van der Waals surface area contributed by atoms with Crippen LogP contribution in [0.1, 0.15) is 42.1 Å². The van der Waals surface area contributed by atoms with Gasteiger partial charge in [0.05, 0.1) is 5.97 Å². The van der Waals surface area contributed by atoms with Crippen molar-refractivity contribution in [3.8, 4) is 0 Å². The maximum Gasteiger partial charge on any atom is 0.0715 e. The Kier molecular flexibility index (Phi) is 2.85. The van der Waals surface area contributed by atoms with Gasteiger partial charge in [-0.15, -0.1) is 0 Å². The summed E-state index contributed by atoms with van der Waals surface area (Å²) in [6.07, 6.45) is 5.50. The zero-order chi connectivity index (χ0) is 13.6. The highest BCUT2D eigenvalue weighted by atomic mass is 16.4. The van der Waals surface area contributed by atoms with Crippen LogP contribution in [0.15, 0.2) is 30.4 Å². The molecule has 1 aliphatic carbocycles. The molecule has 0 saturated carbocycles. The lowest BCUT2D eigenvalue weighted by molar-refractivity contribution is -0.255. The van der Waals surface area contributed by atoms with Gasteiger partial charge >= 0.3 is 0 Å². The standard InChI is InChI=1S/C16H19NO2/c1-9(2)15-12-5-3-4-11(12)13-8-10(16(18)19)6-7-14(13)17-15/h3-4,6-9,11-12,15,17H,5H2,1-2H3,(H,18,19)/p-1/t11-,12-,15-/m0/s1. The van der Waals surface area contributed by atoms with Gasteiger partial charge in [0.1, 0.15) is 0 Å². The number of fused-ring (bicyclic) bond motifs is 3. The molecular weight excluding hydrogens is 238 g/mol. The molecule has 1 aliphatic heterocycles. The van der Waals surface area contributed by atoms with Crippen molar-refractivity contribution in [2.75, 3.05) is 5.32 Å². The van der Waals surface area contributed by atoms with E-state index in [4.69, 9.17) is 0 Å². The van der Waals surface area contributed by atoms with Crippen molar-refractivity contribution < 1.29 is 9.90 Å².